The lowest BCUT2D eigenvalue weighted by Crippen LogP contribution is -2.23. The lowest BCUT2D eigenvalue weighted by Gasteiger charge is -2.07. The fourth-order valence-electron chi connectivity index (χ4n) is 0.980. The van der Waals surface area contributed by atoms with E-state index in [9.17, 15) is 17.6 Å². The number of benzene rings is 1. The molecule has 15 heavy (non-hydrogen) atoms. The molecule has 0 saturated heterocycles. The van der Waals surface area contributed by atoms with E-state index in [2.05, 4.69) is 5.14 Å². The number of nitrogens with two attached hydrogens (primary N) is 1. The Balaban J connectivity index is 3.30. The van der Waals surface area contributed by atoms with Crippen LogP contribution >= 0.6 is 0 Å². The van der Waals surface area contributed by atoms with Crippen molar-refractivity contribution in [3.8, 4) is 0 Å². The van der Waals surface area contributed by atoms with Crippen molar-refractivity contribution in [2.45, 2.75) is 0 Å². The van der Waals surface area contributed by atoms with Gasteiger partial charge in [-0.1, -0.05) is 6.07 Å². The summed E-state index contributed by atoms with van der Waals surface area (Å²) in [7, 11) is -4.13. The first kappa shape index (κ1) is 11.4. The Labute approximate surface area is 84.7 Å². The molecule has 1 aromatic rings. The standard InChI is InChI=1S/C7H7FN2O4S/c8-4-2-1-3-5(6(4)7(11)12)10-15(9,13)14/h1-3,10H,(H,11,12)(H2,9,13,14). The third-order valence-electron chi connectivity index (χ3n) is 1.48. The van der Waals surface area contributed by atoms with Crippen molar-refractivity contribution in [1.29, 1.82) is 0 Å². The molecule has 0 aliphatic rings. The molecule has 0 saturated carbocycles. The molecule has 0 atom stereocenters. The summed E-state index contributed by atoms with van der Waals surface area (Å²) in [5, 5.41) is 13.3. The predicted octanol–water partition coefficient (Wildman–Crippen LogP) is 0.139. The third-order valence-corrected chi connectivity index (χ3v) is 1.98. The third kappa shape index (κ3) is 2.89. The van der Waals surface area contributed by atoms with Crippen molar-refractivity contribution in [2.75, 3.05) is 4.72 Å². The molecule has 0 unspecified atom stereocenters. The Morgan fingerprint density at radius 3 is 2.53 bits per heavy atom. The maximum absolute atomic E-state index is 13.0. The number of carboxylic acids is 1. The number of halogens is 1. The summed E-state index contributed by atoms with van der Waals surface area (Å²) in [6.07, 6.45) is 0. The summed E-state index contributed by atoms with van der Waals surface area (Å²) < 4.78 is 36.0. The lowest BCUT2D eigenvalue weighted by molar-refractivity contribution is 0.0693. The molecule has 0 spiro atoms. The topological polar surface area (TPSA) is 109 Å². The molecule has 0 aliphatic carbocycles. The van der Waals surface area contributed by atoms with Crippen LogP contribution in [0.1, 0.15) is 10.4 Å². The molecule has 0 heterocycles. The van der Waals surface area contributed by atoms with E-state index >= 15 is 0 Å². The number of nitrogens with one attached hydrogen (secondary N) is 1. The van der Waals surface area contributed by atoms with Crippen LogP contribution in [0.3, 0.4) is 0 Å². The van der Waals surface area contributed by atoms with Crippen molar-refractivity contribution in [1.82, 2.24) is 0 Å². The van der Waals surface area contributed by atoms with Crippen LogP contribution in [0.15, 0.2) is 18.2 Å². The summed E-state index contributed by atoms with van der Waals surface area (Å²) >= 11 is 0. The van der Waals surface area contributed by atoms with Crippen molar-refractivity contribution in [3.05, 3.63) is 29.6 Å². The van der Waals surface area contributed by atoms with E-state index in [1.54, 1.807) is 4.72 Å². The van der Waals surface area contributed by atoms with E-state index in [0.29, 0.717) is 0 Å². The molecule has 0 radical (unpaired) electrons. The zero-order valence-electron chi connectivity index (χ0n) is 7.27. The molecule has 1 aromatic carbocycles. The molecule has 8 heteroatoms. The number of hydrogen-bond acceptors (Lipinski definition) is 3. The molecule has 0 aliphatic heterocycles. The number of anilines is 1. The molecular weight excluding hydrogens is 227 g/mol. The van der Waals surface area contributed by atoms with Crippen molar-refractivity contribution in [2.24, 2.45) is 5.14 Å². The number of aromatic carboxylic acids is 1. The maximum atomic E-state index is 13.0. The summed E-state index contributed by atoms with van der Waals surface area (Å²) in [6, 6.07) is 3.16. The van der Waals surface area contributed by atoms with Gasteiger partial charge < -0.3 is 5.11 Å². The minimum absolute atomic E-state index is 0.412. The van der Waals surface area contributed by atoms with Gasteiger partial charge in [-0.2, -0.15) is 8.42 Å². The van der Waals surface area contributed by atoms with Gasteiger partial charge in [-0.25, -0.2) is 14.3 Å². The van der Waals surface area contributed by atoms with Crippen LogP contribution in [0.5, 0.6) is 0 Å². The smallest absolute Gasteiger partial charge is 0.340 e. The van der Waals surface area contributed by atoms with E-state index in [4.69, 9.17) is 5.11 Å². The molecule has 0 amide bonds. The van der Waals surface area contributed by atoms with E-state index in [1.807, 2.05) is 0 Å². The van der Waals surface area contributed by atoms with Crippen molar-refractivity contribution >= 4 is 21.9 Å². The zero-order chi connectivity index (χ0) is 11.6. The Bertz CT molecular complexity index is 500. The van der Waals surface area contributed by atoms with Crippen LogP contribution in [0, 0.1) is 5.82 Å². The molecular formula is C7H7FN2O4S. The summed E-state index contributed by atoms with van der Waals surface area (Å²) in [5.41, 5.74) is -1.18. The summed E-state index contributed by atoms with van der Waals surface area (Å²) in [6.45, 7) is 0. The number of carbonyl (C=O) groups is 1. The van der Waals surface area contributed by atoms with E-state index in [-0.39, 0.29) is 0 Å². The number of hydrogen-bond donors (Lipinski definition) is 3. The second-order valence-corrected chi connectivity index (χ2v) is 3.91. The maximum Gasteiger partial charge on any atom is 0.340 e. The van der Waals surface area contributed by atoms with E-state index in [1.165, 1.54) is 0 Å². The van der Waals surface area contributed by atoms with Gasteiger partial charge in [-0.3, -0.25) is 4.72 Å². The van der Waals surface area contributed by atoms with Crippen LogP contribution in [0.25, 0.3) is 0 Å². The summed E-state index contributed by atoms with van der Waals surface area (Å²) in [4.78, 5) is 10.6. The van der Waals surface area contributed by atoms with Gasteiger partial charge in [-0.15, -0.1) is 0 Å². The summed E-state index contributed by atoms with van der Waals surface area (Å²) in [5.74, 6) is -2.63. The van der Waals surface area contributed by atoms with Gasteiger partial charge in [0.05, 0.1) is 5.69 Å². The Kier molecular flexibility index (Phi) is 2.91. The highest BCUT2D eigenvalue weighted by atomic mass is 32.2. The van der Waals surface area contributed by atoms with Crippen LogP contribution < -0.4 is 9.86 Å². The fourth-order valence-corrected chi connectivity index (χ4v) is 1.46. The predicted molar refractivity (Wildman–Crippen MR) is 50.1 cm³/mol. The normalized spacial score (nSPS) is 11.1. The highest BCUT2D eigenvalue weighted by Crippen LogP contribution is 2.19. The van der Waals surface area contributed by atoms with Crippen molar-refractivity contribution in [3.63, 3.8) is 0 Å². The molecule has 4 N–H and O–H groups in total. The van der Waals surface area contributed by atoms with E-state index < -0.39 is 33.2 Å². The minimum Gasteiger partial charge on any atom is -0.478 e. The van der Waals surface area contributed by atoms with Gasteiger partial charge in [0.25, 0.3) is 10.2 Å². The monoisotopic (exact) mass is 234 g/mol. The second-order valence-electron chi connectivity index (χ2n) is 2.61. The molecule has 1 rings (SSSR count). The van der Waals surface area contributed by atoms with Crippen LogP contribution in [0.4, 0.5) is 10.1 Å². The highest BCUT2D eigenvalue weighted by molar-refractivity contribution is 7.90. The lowest BCUT2D eigenvalue weighted by atomic mass is 10.2. The Morgan fingerprint density at radius 1 is 1.47 bits per heavy atom. The van der Waals surface area contributed by atoms with E-state index in [0.717, 1.165) is 18.2 Å². The van der Waals surface area contributed by atoms with Gasteiger partial charge in [0.1, 0.15) is 11.4 Å². The Hall–Kier alpha value is -1.67. The van der Waals surface area contributed by atoms with Gasteiger partial charge >= 0.3 is 5.97 Å². The van der Waals surface area contributed by atoms with Crippen molar-refractivity contribution < 1.29 is 22.7 Å². The zero-order valence-corrected chi connectivity index (χ0v) is 8.08. The van der Waals surface area contributed by atoms with Gasteiger partial charge in [0.2, 0.25) is 0 Å². The molecule has 0 bridgehead atoms. The average molecular weight is 234 g/mol. The van der Waals surface area contributed by atoms with Gasteiger partial charge in [0.15, 0.2) is 0 Å². The largest absolute Gasteiger partial charge is 0.478 e. The fraction of sp³-hybridized carbons (Fsp3) is 0. The quantitative estimate of drug-likeness (QED) is 0.690. The van der Waals surface area contributed by atoms with Crippen LogP contribution in [-0.4, -0.2) is 19.5 Å². The molecule has 82 valence electrons. The first-order valence-corrected chi connectivity index (χ1v) is 5.18. The van der Waals surface area contributed by atoms with Gasteiger partial charge in [0, 0.05) is 0 Å². The van der Waals surface area contributed by atoms with Crippen LogP contribution in [-0.2, 0) is 10.2 Å². The van der Waals surface area contributed by atoms with Crippen LogP contribution in [0.2, 0.25) is 0 Å². The number of rotatable bonds is 3. The average Bonchev–Trinajstić information content (AvgIpc) is 1.99. The van der Waals surface area contributed by atoms with Gasteiger partial charge in [-0.05, 0) is 12.1 Å². The highest BCUT2D eigenvalue weighted by Gasteiger charge is 2.17. The molecule has 0 aromatic heterocycles. The molecule has 6 nitrogen and oxygen atoms in total. The minimum atomic E-state index is -4.13. The first-order chi connectivity index (χ1) is 6.81. The molecule has 0 fully saturated rings. The first-order valence-electron chi connectivity index (χ1n) is 3.63. The number of carboxylic acid groups (broad SMARTS) is 1. The Morgan fingerprint density at radius 2 is 2.07 bits per heavy atom. The second kappa shape index (κ2) is 3.83. The SMILES string of the molecule is NS(=O)(=O)Nc1cccc(F)c1C(=O)O.